The molecule has 0 aromatic heterocycles. The van der Waals surface area contributed by atoms with Gasteiger partial charge in [0, 0.05) is 12.2 Å². The number of hydrogen-bond donors (Lipinski definition) is 0. The largest absolute Gasteiger partial charge is 0.450 e. The summed E-state index contributed by atoms with van der Waals surface area (Å²) in [6, 6.07) is 0. The lowest BCUT2D eigenvalue weighted by atomic mass is 10.3. The average Bonchev–Trinajstić information content (AvgIpc) is 1.85. The molecule has 1 rings (SSSR count). The highest BCUT2D eigenvalue weighted by atomic mass is 32.1. The normalized spacial score (nSPS) is 36.5. The van der Waals surface area contributed by atoms with E-state index in [-0.39, 0.29) is 17.4 Å². The number of rotatable bonds is 0. The number of ether oxygens (including phenoxy) is 2. The highest BCUT2D eigenvalue weighted by Crippen LogP contribution is 2.13. The van der Waals surface area contributed by atoms with Crippen LogP contribution in [0.4, 0.5) is 0 Å². The van der Waals surface area contributed by atoms with Crippen molar-refractivity contribution in [3.8, 4) is 0 Å². The maximum Gasteiger partial charge on any atom is 0.353 e. The fourth-order valence-corrected chi connectivity index (χ4v) is 0.827. The lowest BCUT2D eigenvalue weighted by Crippen LogP contribution is -2.13. The van der Waals surface area contributed by atoms with Crippen LogP contribution in [0.3, 0.4) is 0 Å². The molecule has 2 nitrogen and oxygen atoms in total. The van der Waals surface area contributed by atoms with Crippen LogP contribution < -0.4 is 0 Å². The van der Waals surface area contributed by atoms with Crippen molar-refractivity contribution in [2.24, 2.45) is 0 Å². The van der Waals surface area contributed by atoms with Crippen LogP contribution in [-0.4, -0.2) is 17.4 Å². The predicted octanol–water partition coefficient (Wildman–Crippen LogP) is 1.10. The van der Waals surface area contributed by atoms with Gasteiger partial charge in [-0.25, -0.2) is 0 Å². The second kappa shape index (κ2) is 1.90. The van der Waals surface area contributed by atoms with Gasteiger partial charge in [-0.15, -0.1) is 0 Å². The third-order valence-electron chi connectivity index (χ3n) is 1.23. The van der Waals surface area contributed by atoms with Crippen LogP contribution in [0.5, 0.6) is 0 Å². The van der Waals surface area contributed by atoms with Gasteiger partial charge in [0.2, 0.25) is 0 Å². The molecule has 0 aromatic rings. The van der Waals surface area contributed by atoms with Crippen LogP contribution in [-0.2, 0) is 9.47 Å². The van der Waals surface area contributed by atoms with E-state index in [0.717, 1.165) is 0 Å². The van der Waals surface area contributed by atoms with E-state index in [2.05, 4.69) is 12.2 Å². The first kappa shape index (κ1) is 5.82. The zero-order chi connectivity index (χ0) is 6.15. The molecule has 1 heterocycles. The van der Waals surface area contributed by atoms with Crippen LogP contribution >= 0.6 is 12.2 Å². The maximum atomic E-state index is 4.98. The monoisotopic (exact) mass is 132 g/mol. The standard InChI is InChI=1S/C5H8O2S/c1-3-4(2)7-5(8)6-3/h3-4H,1-2H3/t3-,4+. The molecule has 0 aromatic carbocycles. The Labute approximate surface area is 53.8 Å². The van der Waals surface area contributed by atoms with Gasteiger partial charge >= 0.3 is 5.24 Å². The molecule has 0 N–H and O–H groups in total. The third-order valence-corrected chi connectivity index (χ3v) is 1.42. The molecular formula is C5H8O2S. The molecule has 0 bridgehead atoms. The summed E-state index contributed by atoms with van der Waals surface area (Å²) in [6.07, 6.45) is 0.255. The molecule has 8 heavy (non-hydrogen) atoms. The van der Waals surface area contributed by atoms with Gasteiger partial charge in [0.05, 0.1) is 0 Å². The first-order chi connectivity index (χ1) is 3.70. The van der Waals surface area contributed by atoms with E-state index in [1.807, 2.05) is 13.8 Å². The Hall–Kier alpha value is -0.310. The maximum absolute atomic E-state index is 4.98. The minimum absolute atomic E-state index is 0.127. The van der Waals surface area contributed by atoms with Crippen LogP contribution in [0.25, 0.3) is 0 Å². The Morgan fingerprint density at radius 2 is 1.62 bits per heavy atom. The average molecular weight is 132 g/mol. The highest BCUT2D eigenvalue weighted by molar-refractivity contribution is 7.79. The van der Waals surface area contributed by atoms with Crippen molar-refractivity contribution in [3.63, 3.8) is 0 Å². The summed E-state index contributed by atoms with van der Waals surface area (Å²) in [4.78, 5) is 0. The number of hydrogen-bond acceptors (Lipinski definition) is 3. The first-order valence-electron chi connectivity index (χ1n) is 2.57. The fourth-order valence-electron chi connectivity index (χ4n) is 0.523. The van der Waals surface area contributed by atoms with Gasteiger partial charge in [0.15, 0.2) is 0 Å². The van der Waals surface area contributed by atoms with Gasteiger partial charge in [0.1, 0.15) is 12.2 Å². The molecular weight excluding hydrogens is 124 g/mol. The SMILES string of the molecule is C[C@@H]1OC(=S)O[C@@H]1C. The Morgan fingerprint density at radius 1 is 1.25 bits per heavy atom. The van der Waals surface area contributed by atoms with Crippen molar-refractivity contribution in [2.45, 2.75) is 26.1 Å². The fraction of sp³-hybridized carbons (Fsp3) is 0.800. The van der Waals surface area contributed by atoms with E-state index in [0.29, 0.717) is 0 Å². The van der Waals surface area contributed by atoms with Crippen LogP contribution in [0.2, 0.25) is 0 Å². The van der Waals surface area contributed by atoms with Crippen molar-refractivity contribution >= 4 is 17.5 Å². The molecule has 0 unspecified atom stereocenters. The summed E-state index contributed by atoms with van der Waals surface area (Å²) < 4.78 is 9.97. The zero-order valence-electron chi connectivity index (χ0n) is 4.88. The highest BCUT2D eigenvalue weighted by Gasteiger charge is 2.25. The van der Waals surface area contributed by atoms with Crippen LogP contribution in [0.1, 0.15) is 13.8 Å². The van der Waals surface area contributed by atoms with E-state index >= 15 is 0 Å². The second-order valence-electron chi connectivity index (χ2n) is 1.90. The smallest absolute Gasteiger partial charge is 0.353 e. The van der Waals surface area contributed by atoms with Gasteiger partial charge in [-0.3, -0.25) is 0 Å². The van der Waals surface area contributed by atoms with Crippen LogP contribution in [0.15, 0.2) is 0 Å². The minimum atomic E-state index is 0.127. The van der Waals surface area contributed by atoms with E-state index in [4.69, 9.17) is 9.47 Å². The molecule has 1 fully saturated rings. The lowest BCUT2D eigenvalue weighted by molar-refractivity contribution is 0.187. The molecule has 0 spiro atoms. The summed E-state index contributed by atoms with van der Waals surface area (Å²) in [5, 5.41) is 0.282. The van der Waals surface area contributed by atoms with Gasteiger partial charge in [-0.2, -0.15) is 0 Å². The Morgan fingerprint density at radius 3 is 1.75 bits per heavy atom. The molecule has 2 atom stereocenters. The zero-order valence-corrected chi connectivity index (χ0v) is 5.70. The molecule has 1 saturated heterocycles. The lowest BCUT2D eigenvalue weighted by Gasteiger charge is -2.01. The second-order valence-corrected chi connectivity index (χ2v) is 2.23. The topological polar surface area (TPSA) is 18.5 Å². The molecule has 0 saturated carbocycles. The molecule has 3 heteroatoms. The minimum Gasteiger partial charge on any atom is -0.450 e. The summed E-state index contributed by atoms with van der Waals surface area (Å²) in [5.41, 5.74) is 0. The van der Waals surface area contributed by atoms with E-state index < -0.39 is 0 Å². The number of thiocarbonyl (C=S) groups is 1. The van der Waals surface area contributed by atoms with Crippen LogP contribution in [0, 0.1) is 0 Å². The van der Waals surface area contributed by atoms with Crippen molar-refractivity contribution < 1.29 is 9.47 Å². The first-order valence-corrected chi connectivity index (χ1v) is 2.98. The summed E-state index contributed by atoms with van der Waals surface area (Å²) >= 11 is 4.63. The molecule has 1 aliphatic rings. The quantitative estimate of drug-likeness (QED) is 0.460. The van der Waals surface area contributed by atoms with Crippen molar-refractivity contribution in [2.75, 3.05) is 0 Å². The molecule has 1 aliphatic heterocycles. The van der Waals surface area contributed by atoms with E-state index in [1.54, 1.807) is 0 Å². The Bertz CT molecular complexity index is 101. The van der Waals surface area contributed by atoms with E-state index in [1.165, 1.54) is 0 Å². The molecule has 0 amide bonds. The Kier molecular flexibility index (Phi) is 1.38. The Balaban J connectivity index is 2.51. The van der Waals surface area contributed by atoms with Crippen molar-refractivity contribution in [3.05, 3.63) is 0 Å². The van der Waals surface area contributed by atoms with E-state index in [9.17, 15) is 0 Å². The molecule has 0 radical (unpaired) electrons. The van der Waals surface area contributed by atoms with Gasteiger partial charge in [0.25, 0.3) is 0 Å². The van der Waals surface area contributed by atoms with Crippen molar-refractivity contribution in [1.82, 2.24) is 0 Å². The summed E-state index contributed by atoms with van der Waals surface area (Å²) in [6.45, 7) is 3.87. The van der Waals surface area contributed by atoms with Gasteiger partial charge < -0.3 is 9.47 Å². The predicted molar refractivity (Wildman–Crippen MR) is 33.7 cm³/mol. The van der Waals surface area contributed by atoms with Gasteiger partial charge in [-0.1, -0.05) is 0 Å². The van der Waals surface area contributed by atoms with Crippen molar-refractivity contribution in [1.29, 1.82) is 0 Å². The van der Waals surface area contributed by atoms with Gasteiger partial charge in [-0.05, 0) is 13.8 Å². The molecule has 0 aliphatic carbocycles. The third kappa shape index (κ3) is 0.916. The summed E-state index contributed by atoms with van der Waals surface area (Å²) in [7, 11) is 0. The summed E-state index contributed by atoms with van der Waals surface area (Å²) in [5.74, 6) is 0. The molecule has 46 valence electrons.